The van der Waals surface area contributed by atoms with Gasteiger partial charge in [0.15, 0.2) is 5.69 Å². The summed E-state index contributed by atoms with van der Waals surface area (Å²) in [6.45, 7) is 1.91. The number of nitrogens with one attached hydrogen (secondary N) is 3. The average molecular weight is 448 g/mol. The zero-order chi connectivity index (χ0) is 22.0. The summed E-state index contributed by atoms with van der Waals surface area (Å²) in [7, 11) is 1.78. The van der Waals surface area contributed by atoms with Crippen molar-refractivity contribution in [1.82, 2.24) is 20.1 Å². The number of aryl methyl sites for hydroxylation is 1. The third-order valence-electron chi connectivity index (χ3n) is 5.15. The Labute approximate surface area is 181 Å². The van der Waals surface area contributed by atoms with Crippen LogP contribution in [0.4, 0.5) is 25.3 Å². The number of hydrogen-bond donors (Lipinski definition) is 4. The van der Waals surface area contributed by atoms with Crippen LogP contribution in [0.5, 0.6) is 0 Å². The highest BCUT2D eigenvalue weighted by atomic mass is 32.1. The van der Waals surface area contributed by atoms with Crippen LogP contribution in [0, 0.1) is 11.6 Å². The van der Waals surface area contributed by atoms with Crippen LogP contribution in [0.15, 0.2) is 24.4 Å². The SMILES string of the molecule is Cn1ncc(NC(=O)c2nc(-c3c(F)cccc3F)sc2N)c1N[C@H]1CCCNCC1. The second kappa shape index (κ2) is 8.98. The number of nitrogens with zero attached hydrogens (tertiary/aromatic N) is 3. The van der Waals surface area contributed by atoms with Gasteiger partial charge in [-0.3, -0.25) is 9.48 Å². The first-order chi connectivity index (χ1) is 14.9. The van der Waals surface area contributed by atoms with Gasteiger partial charge >= 0.3 is 0 Å². The molecular weight excluding hydrogens is 424 g/mol. The van der Waals surface area contributed by atoms with Gasteiger partial charge in [0.25, 0.3) is 5.91 Å². The number of nitrogen functional groups attached to an aromatic ring is 1. The summed E-state index contributed by atoms with van der Waals surface area (Å²) in [5.41, 5.74) is 6.04. The molecule has 164 valence electrons. The maximum absolute atomic E-state index is 14.1. The van der Waals surface area contributed by atoms with Crippen molar-refractivity contribution in [2.45, 2.75) is 25.3 Å². The fraction of sp³-hybridized carbons (Fsp3) is 0.350. The minimum Gasteiger partial charge on any atom is -0.389 e. The smallest absolute Gasteiger partial charge is 0.277 e. The summed E-state index contributed by atoms with van der Waals surface area (Å²) in [5.74, 6) is -1.43. The molecule has 1 atom stereocenters. The monoisotopic (exact) mass is 447 g/mol. The number of aromatic nitrogens is 3. The van der Waals surface area contributed by atoms with Gasteiger partial charge in [-0.05, 0) is 44.5 Å². The summed E-state index contributed by atoms with van der Waals surface area (Å²) in [6, 6.07) is 3.78. The number of carbonyl (C=O) groups is 1. The van der Waals surface area contributed by atoms with Gasteiger partial charge in [0, 0.05) is 13.1 Å². The summed E-state index contributed by atoms with van der Waals surface area (Å²) >= 11 is 0.857. The Bertz CT molecular complexity index is 1070. The molecule has 0 unspecified atom stereocenters. The van der Waals surface area contributed by atoms with Gasteiger partial charge in [-0.2, -0.15) is 5.10 Å². The number of carbonyl (C=O) groups excluding carboxylic acids is 1. The lowest BCUT2D eigenvalue weighted by Gasteiger charge is -2.18. The number of halogens is 2. The minimum absolute atomic E-state index is 0.00809. The van der Waals surface area contributed by atoms with Crippen LogP contribution in [0.2, 0.25) is 0 Å². The van der Waals surface area contributed by atoms with Crippen LogP contribution in [0.3, 0.4) is 0 Å². The molecule has 4 rings (SSSR count). The minimum atomic E-state index is -0.766. The third kappa shape index (κ3) is 4.52. The summed E-state index contributed by atoms with van der Waals surface area (Å²) in [6.07, 6.45) is 4.55. The second-order valence-corrected chi connectivity index (χ2v) is 8.37. The van der Waals surface area contributed by atoms with E-state index in [-0.39, 0.29) is 27.3 Å². The second-order valence-electron chi connectivity index (χ2n) is 7.34. The van der Waals surface area contributed by atoms with E-state index in [2.05, 4.69) is 26.0 Å². The van der Waals surface area contributed by atoms with Crippen LogP contribution in [-0.4, -0.2) is 39.8 Å². The first-order valence-electron chi connectivity index (χ1n) is 9.95. The number of hydrogen-bond acceptors (Lipinski definition) is 7. The number of nitrogens with two attached hydrogens (primary N) is 1. The first kappa shape index (κ1) is 21.2. The Kier molecular flexibility index (Phi) is 6.14. The fourth-order valence-corrected chi connectivity index (χ4v) is 4.42. The third-order valence-corrected chi connectivity index (χ3v) is 6.05. The van der Waals surface area contributed by atoms with Gasteiger partial charge in [0.2, 0.25) is 0 Å². The number of rotatable bonds is 5. The summed E-state index contributed by atoms with van der Waals surface area (Å²) < 4.78 is 29.8. The van der Waals surface area contributed by atoms with Crippen molar-refractivity contribution in [3.8, 4) is 10.6 Å². The molecule has 1 aliphatic heterocycles. The van der Waals surface area contributed by atoms with Crippen molar-refractivity contribution in [2.24, 2.45) is 7.05 Å². The van der Waals surface area contributed by atoms with E-state index in [4.69, 9.17) is 5.73 Å². The normalized spacial score (nSPS) is 16.7. The van der Waals surface area contributed by atoms with Crippen molar-refractivity contribution < 1.29 is 13.6 Å². The lowest BCUT2D eigenvalue weighted by molar-refractivity contribution is 0.102. The molecular formula is C20H23F2N7OS. The predicted octanol–water partition coefficient (Wildman–Crippen LogP) is 3.21. The molecule has 5 N–H and O–H groups in total. The van der Waals surface area contributed by atoms with E-state index < -0.39 is 17.5 Å². The topological polar surface area (TPSA) is 110 Å². The Hall–Kier alpha value is -3.05. The van der Waals surface area contributed by atoms with E-state index in [0.29, 0.717) is 11.5 Å². The average Bonchev–Trinajstić information content (AvgIpc) is 3.15. The van der Waals surface area contributed by atoms with Crippen LogP contribution in [0.1, 0.15) is 29.8 Å². The zero-order valence-electron chi connectivity index (χ0n) is 16.9. The van der Waals surface area contributed by atoms with E-state index in [1.165, 1.54) is 12.3 Å². The zero-order valence-corrected chi connectivity index (χ0v) is 17.7. The molecule has 0 spiro atoms. The molecule has 0 saturated carbocycles. The molecule has 3 aromatic rings. The highest BCUT2D eigenvalue weighted by Crippen LogP contribution is 2.34. The fourth-order valence-electron chi connectivity index (χ4n) is 3.54. The van der Waals surface area contributed by atoms with Gasteiger partial charge in [-0.15, -0.1) is 0 Å². The highest BCUT2D eigenvalue weighted by Gasteiger charge is 2.23. The van der Waals surface area contributed by atoms with Crippen LogP contribution in [-0.2, 0) is 7.05 Å². The standard InChI is InChI=1S/C20H23F2N7OS/c1-29-18(26-11-4-3-8-24-9-7-11)14(10-25-29)27-19(30)16-17(23)31-20(28-16)15-12(21)5-2-6-13(15)22/h2,5-6,10-11,24,26H,3-4,7-9,23H2,1H3,(H,27,30)/t11-/m0/s1. The Morgan fingerprint density at radius 2 is 2.06 bits per heavy atom. The molecule has 0 aliphatic carbocycles. The highest BCUT2D eigenvalue weighted by molar-refractivity contribution is 7.19. The van der Waals surface area contributed by atoms with Gasteiger partial charge < -0.3 is 21.7 Å². The van der Waals surface area contributed by atoms with Gasteiger partial charge in [-0.1, -0.05) is 17.4 Å². The molecule has 1 aliphatic rings. The molecule has 1 fully saturated rings. The Morgan fingerprint density at radius 1 is 1.29 bits per heavy atom. The summed E-state index contributed by atoms with van der Waals surface area (Å²) in [5, 5.41) is 13.9. The molecule has 2 aromatic heterocycles. The van der Waals surface area contributed by atoms with Crippen molar-refractivity contribution in [3.63, 3.8) is 0 Å². The van der Waals surface area contributed by atoms with Gasteiger partial charge in [0.1, 0.15) is 33.1 Å². The number of anilines is 3. The first-order valence-corrected chi connectivity index (χ1v) is 10.8. The molecule has 1 amide bonds. The van der Waals surface area contributed by atoms with Crippen LogP contribution in [0.25, 0.3) is 10.6 Å². The maximum atomic E-state index is 14.1. The van der Waals surface area contributed by atoms with E-state index in [9.17, 15) is 13.6 Å². The van der Waals surface area contributed by atoms with Crippen LogP contribution < -0.4 is 21.7 Å². The summed E-state index contributed by atoms with van der Waals surface area (Å²) in [4.78, 5) is 17.0. The van der Waals surface area contributed by atoms with E-state index >= 15 is 0 Å². The van der Waals surface area contributed by atoms with E-state index in [1.807, 2.05) is 0 Å². The van der Waals surface area contributed by atoms with Crippen molar-refractivity contribution in [3.05, 3.63) is 41.7 Å². The number of amides is 1. The lowest BCUT2D eigenvalue weighted by Crippen LogP contribution is -2.24. The molecule has 11 heteroatoms. The molecule has 0 radical (unpaired) electrons. The Morgan fingerprint density at radius 3 is 2.84 bits per heavy atom. The van der Waals surface area contributed by atoms with Crippen molar-refractivity contribution in [1.29, 1.82) is 0 Å². The van der Waals surface area contributed by atoms with Crippen LogP contribution >= 0.6 is 11.3 Å². The molecule has 8 nitrogen and oxygen atoms in total. The quantitative estimate of drug-likeness (QED) is 0.478. The molecule has 1 aromatic carbocycles. The molecule has 31 heavy (non-hydrogen) atoms. The number of benzene rings is 1. The van der Waals surface area contributed by atoms with Gasteiger partial charge in [0.05, 0.1) is 11.8 Å². The molecule has 1 saturated heterocycles. The van der Waals surface area contributed by atoms with E-state index in [0.717, 1.165) is 55.8 Å². The maximum Gasteiger partial charge on any atom is 0.277 e. The molecule has 0 bridgehead atoms. The van der Waals surface area contributed by atoms with Crippen molar-refractivity contribution in [2.75, 3.05) is 29.5 Å². The molecule has 3 heterocycles. The largest absolute Gasteiger partial charge is 0.389 e. The van der Waals surface area contributed by atoms with Crippen molar-refractivity contribution >= 4 is 33.8 Å². The van der Waals surface area contributed by atoms with Gasteiger partial charge in [-0.25, -0.2) is 13.8 Å². The number of thiazole rings is 1. The lowest BCUT2D eigenvalue weighted by atomic mass is 10.1. The van der Waals surface area contributed by atoms with E-state index in [1.54, 1.807) is 11.7 Å². The predicted molar refractivity (Wildman–Crippen MR) is 117 cm³/mol. The Balaban J connectivity index is 1.55.